The second-order valence-electron chi connectivity index (χ2n) is 4.33. The Kier molecular flexibility index (Phi) is 4.99. The SMILES string of the molecule is CCCC[C@H]1CCCC[C@@H]1OC(C)=O. The van der Waals surface area contributed by atoms with Gasteiger partial charge in [0.15, 0.2) is 0 Å². The van der Waals surface area contributed by atoms with E-state index in [4.69, 9.17) is 4.74 Å². The molecule has 0 heterocycles. The summed E-state index contributed by atoms with van der Waals surface area (Å²) in [5.41, 5.74) is 0. The molecule has 0 aromatic heterocycles. The Labute approximate surface area is 87.0 Å². The zero-order chi connectivity index (χ0) is 10.4. The van der Waals surface area contributed by atoms with Gasteiger partial charge in [-0.3, -0.25) is 4.79 Å². The molecule has 1 rings (SSSR count). The quantitative estimate of drug-likeness (QED) is 0.648. The van der Waals surface area contributed by atoms with Gasteiger partial charge in [0.25, 0.3) is 0 Å². The monoisotopic (exact) mass is 198 g/mol. The Morgan fingerprint density at radius 3 is 2.71 bits per heavy atom. The Balaban J connectivity index is 2.37. The van der Waals surface area contributed by atoms with Gasteiger partial charge in [0.1, 0.15) is 6.10 Å². The van der Waals surface area contributed by atoms with Crippen LogP contribution in [0.1, 0.15) is 58.8 Å². The zero-order valence-corrected chi connectivity index (χ0v) is 9.42. The third kappa shape index (κ3) is 3.69. The molecule has 0 bridgehead atoms. The van der Waals surface area contributed by atoms with Crippen molar-refractivity contribution in [1.82, 2.24) is 0 Å². The molecule has 1 aliphatic carbocycles. The summed E-state index contributed by atoms with van der Waals surface area (Å²) < 4.78 is 5.36. The van der Waals surface area contributed by atoms with E-state index in [0.717, 1.165) is 6.42 Å². The number of unbranched alkanes of at least 4 members (excludes halogenated alkanes) is 1. The minimum Gasteiger partial charge on any atom is -0.462 e. The van der Waals surface area contributed by atoms with Crippen LogP contribution in [-0.2, 0) is 9.53 Å². The Morgan fingerprint density at radius 1 is 1.36 bits per heavy atom. The zero-order valence-electron chi connectivity index (χ0n) is 9.42. The summed E-state index contributed by atoms with van der Waals surface area (Å²) >= 11 is 0. The molecule has 0 radical (unpaired) electrons. The average molecular weight is 198 g/mol. The van der Waals surface area contributed by atoms with Crippen molar-refractivity contribution >= 4 is 5.97 Å². The van der Waals surface area contributed by atoms with Gasteiger partial charge < -0.3 is 4.74 Å². The molecule has 2 nitrogen and oxygen atoms in total. The van der Waals surface area contributed by atoms with E-state index in [1.807, 2.05) is 0 Å². The second kappa shape index (κ2) is 6.05. The maximum Gasteiger partial charge on any atom is 0.302 e. The predicted molar refractivity (Wildman–Crippen MR) is 57.0 cm³/mol. The van der Waals surface area contributed by atoms with Crippen molar-refractivity contribution < 1.29 is 9.53 Å². The molecule has 0 aromatic rings. The molecule has 2 heteroatoms. The Hall–Kier alpha value is -0.530. The molecule has 82 valence electrons. The van der Waals surface area contributed by atoms with Crippen molar-refractivity contribution in [3.05, 3.63) is 0 Å². The molecular formula is C12H22O2. The Bertz CT molecular complexity index is 177. The van der Waals surface area contributed by atoms with Crippen LogP contribution in [-0.4, -0.2) is 12.1 Å². The summed E-state index contributed by atoms with van der Waals surface area (Å²) in [6, 6.07) is 0. The molecule has 2 atom stereocenters. The lowest BCUT2D eigenvalue weighted by Crippen LogP contribution is -2.29. The van der Waals surface area contributed by atoms with Crippen LogP contribution in [0.4, 0.5) is 0 Å². The van der Waals surface area contributed by atoms with Crippen LogP contribution >= 0.6 is 0 Å². The van der Waals surface area contributed by atoms with Crippen molar-refractivity contribution in [3.8, 4) is 0 Å². The summed E-state index contributed by atoms with van der Waals surface area (Å²) in [7, 11) is 0. The fourth-order valence-corrected chi connectivity index (χ4v) is 2.34. The van der Waals surface area contributed by atoms with Crippen LogP contribution in [0.2, 0.25) is 0 Å². The summed E-state index contributed by atoms with van der Waals surface area (Å²) in [5, 5.41) is 0. The number of hydrogen-bond acceptors (Lipinski definition) is 2. The molecular weight excluding hydrogens is 176 g/mol. The molecule has 0 aliphatic heterocycles. The molecule has 14 heavy (non-hydrogen) atoms. The van der Waals surface area contributed by atoms with E-state index in [1.165, 1.54) is 45.4 Å². The lowest BCUT2D eigenvalue weighted by atomic mass is 9.83. The molecule has 0 N–H and O–H groups in total. The first-order valence-corrected chi connectivity index (χ1v) is 5.91. The highest BCUT2D eigenvalue weighted by molar-refractivity contribution is 5.66. The summed E-state index contributed by atoms with van der Waals surface area (Å²) in [4.78, 5) is 10.9. The van der Waals surface area contributed by atoms with E-state index in [1.54, 1.807) is 0 Å². The first-order valence-electron chi connectivity index (χ1n) is 5.91. The van der Waals surface area contributed by atoms with Gasteiger partial charge in [-0.2, -0.15) is 0 Å². The fraction of sp³-hybridized carbons (Fsp3) is 0.917. The number of ether oxygens (including phenoxy) is 1. The fourth-order valence-electron chi connectivity index (χ4n) is 2.34. The molecule has 0 saturated heterocycles. The number of hydrogen-bond donors (Lipinski definition) is 0. The highest BCUT2D eigenvalue weighted by Gasteiger charge is 2.26. The highest BCUT2D eigenvalue weighted by Crippen LogP contribution is 2.30. The minimum absolute atomic E-state index is 0.113. The molecule has 1 saturated carbocycles. The molecule has 1 aliphatic rings. The van der Waals surface area contributed by atoms with Crippen LogP contribution in [0.5, 0.6) is 0 Å². The minimum atomic E-state index is -0.113. The molecule has 0 amide bonds. The third-order valence-corrected chi connectivity index (χ3v) is 3.09. The smallest absolute Gasteiger partial charge is 0.302 e. The molecule has 0 spiro atoms. The van der Waals surface area contributed by atoms with Gasteiger partial charge in [0.2, 0.25) is 0 Å². The van der Waals surface area contributed by atoms with Crippen LogP contribution < -0.4 is 0 Å². The van der Waals surface area contributed by atoms with E-state index >= 15 is 0 Å². The maximum absolute atomic E-state index is 10.9. The maximum atomic E-state index is 10.9. The van der Waals surface area contributed by atoms with Gasteiger partial charge in [-0.25, -0.2) is 0 Å². The number of rotatable bonds is 4. The van der Waals surface area contributed by atoms with Crippen molar-refractivity contribution in [2.45, 2.75) is 64.9 Å². The van der Waals surface area contributed by atoms with E-state index in [0.29, 0.717) is 5.92 Å². The summed E-state index contributed by atoms with van der Waals surface area (Å²) in [6.07, 6.45) is 8.81. The molecule has 0 unspecified atom stereocenters. The second-order valence-corrected chi connectivity index (χ2v) is 4.33. The van der Waals surface area contributed by atoms with Crippen LogP contribution in [0.15, 0.2) is 0 Å². The van der Waals surface area contributed by atoms with Gasteiger partial charge in [0.05, 0.1) is 0 Å². The van der Waals surface area contributed by atoms with Gasteiger partial charge in [0, 0.05) is 6.92 Å². The normalized spacial score (nSPS) is 27.3. The van der Waals surface area contributed by atoms with Gasteiger partial charge in [-0.05, 0) is 31.6 Å². The predicted octanol–water partition coefficient (Wildman–Crippen LogP) is 3.30. The van der Waals surface area contributed by atoms with Crippen molar-refractivity contribution in [1.29, 1.82) is 0 Å². The first kappa shape index (κ1) is 11.5. The molecule has 0 aromatic carbocycles. The van der Waals surface area contributed by atoms with E-state index < -0.39 is 0 Å². The van der Waals surface area contributed by atoms with Crippen LogP contribution in [0, 0.1) is 5.92 Å². The first-order chi connectivity index (χ1) is 6.74. The lowest BCUT2D eigenvalue weighted by molar-refractivity contribution is -0.151. The van der Waals surface area contributed by atoms with Gasteiger partial charge >= 0.3 is 5.97 Å². The average Bonchev–Trinajstić information content (AvgIpc) is 2.16. The topological polar surface area (TPSA) is 26.3 Å². The van der Waals surface area contributed by atoms with Crippen LogP contribution in [0.3, 0.4) is 0 Å². The van der Waals surface area contributed by atoms with Crippen molar-refractivity contribution in [3.63, 3.8) is 0 Å². The van der Waals surface area contributed by atoms with E-state index in [-0.39, 0.29) is 12.1 Å². The molecule has 1 fully saturated rings. The number of carbonyl (C=O) groups excluding carboxylic acids is 1. The van der Waals surface area contributed by atoms with E-state index in [9.17, 15) is 4.79 Å². The summed E-state index contributed by atoms with van der Waals surface area (Å²) in [6.45, 7) is 3.73. The van der Waals surface area contributed by atoms with Crippen molar-refractivity contribution in [2.24, 2.45) is 5.92 Å². The van der Waals surface area contributed by atoms with Crippen molar-refractivity contribution in [2.75, 3.05) is 0 Å². The lowest BCUT2D eigenvalue weighted by Gasteiger charge is -2.30. The Morgan fingerprint density at radius 2 is 2.07 bits per heavy atom. The van der Waals surface area contributed by atoms with Gasteiger partial charge in [-0.1, -0.05) is 26.2 Å². The summed E-state index contributed by atoms with van der Waals surface area (Å²) in [5.74, 6) is 0.519. The third-order valence-electron chi connectivity index (χ3n) is 3.09. The highest BCUT2D eigenvalue weighted by atomic mass is 16.5. The standard InChI is InChI=1S/C12H22O2/c1-3-4-7-11-8-5-6-9-12(11)14-10(2)13/h11-12H,3-9H2,1-2H3/t11-,12-/m0/s1. The largest absolute Gasteiger partial charge is 0.462 e. The van der Waals surface area contributed by atoms with Crippen LogP contribution in [0.25, 0.3) is 0 Å². The number of carbonyl (C=O) groups is 1. The van der Waals surface area contributed by atoms with Gasteiger partial charge in [-0.15, -0.1) is 0 Å². The van der Waals surface area contributed by atoms with E-state index in [2.05, 4.69) is 6.92 Å². The number of esters is 1.